The van der Waals surface area contributed by atoms with E-state index in [-0.39, 0.29) is 62.7 Å². The summed E-state index contributed by atoms with van der Waals surface area (Å²) in [5.74, 6) is -4.03. The highest BCUT2D eigenvalue weighted by Gasteiger charge is 2.53. The molecular formula is C54H87N3O16. The Morgan fingerprint density at radius 2 is 1.64 bits per heavy atom. The summed E-state index contributed by atoms with van der Waals surface area (Å²) in [5.41, 5.74) is -3.95. The maximum absolute atomic E-state index is 14.6. The lowest BCUT2D eigenvalue weighted by Crippen LogP contribution is -2.61. The molecule has 1 unspecified atom stereocenters. The summed E-state index contributed by atoms with van der Waals surface area (Å²) in [4.78, 5) is 42.9. The number of nitrogens with zero attached hydrogens (tertiary/aromatic N) is 3. The standard InChI is InChI=1S/C54H87N3O16/c1-16-41-54(10,65)46(60)34(6)56(13)28-30(2)26-52(8,64)47(73-51-44(59)40(55(11)12)24-31(3)69-51)32(4)45(33(5)50(63)71-41)72-42-27-53(9,66-15)48(35(7)70-42)68-23-22-67-21-17-18-36-19-20-39-37(25-36)43(58)38(49(61)62)29-57(39)14/h17-20,25,29-35,40-42,44-48,51,59-60,64-65H,16,21-24,26-28H2,1-15H3,(H,61,62)/b18-17+/t30-,31-,32+,33-,34-,35+,40+,41-,42?,44-,45+,46+,47-,48+,51+,52-,53-,54-/m1/s1. The number of benzene rings is 1. The van der Waals surface area contributed by atoms with Crippen molar-refractivity contribution in [2.75, 3.05) is 54.6 Å². The van der Waals surface area contributed by atoms with Gasteiger partial charge >= 0.3 is 11.9 Å². The smallest absolute Gasteiger partial charge is 0.341 e. The van der Waals surface area contributed by atoms with Gasteiger partial charge < -0.3 is 77.8 Å². The van der Waals surface area contributed by atoms with Crippen molar-refractivity contribution < 1.29 is 73.0 Å². The third-order valence-corrected chi connectivity index (χ3v) is 15.7. The molecule has 0 saturated carbocycles. The van der Waals surface area contributed by atoms with Crippen LogP contribution in [-0.2, 0) is 49.7 Å². The fraction of sp³-hybridized carbons (Fsp3) is 0.759. The molecule has 5 N–H and O–H groups in total. The van der Waals surface area contributed by atoms with E-state index in [0.29, 0.717) is 29.4 Å². The zero-order chi connectivity index (χ0) is 54.5. The number of esters is 1. The van der Waals surface area contributed by atoms with E-state index in [1.54, 1.807) is 70.7 Å². The molecule has 0 spiro atoms. The number of aliphatic hydroxyl groups excluding tert-OH is 2. The number of cyclic esters (lactones) is 1. The highest BCUT2D eigenvalue weighted by Crippen LogP contribution is 2.41. The highest BCUT2D eigenvalue weighted by atomic mass is 16.7. The van der Waals surface area contributed by atoms with E-state index in [0.717, 1.165) is 0 Å². The molecule has 0 aliphatic carbocycles. The number of ether oxygens (including phenoxy) is 8. The molecule has 0 radical (unpaired) electrons. The lowest BCUT2D eigenvalue weighted by Gasteiger charge is -2.49. The second-order valence-electron chi connectivity index (χ2n) is 22.1. The third kappa shape index (κ3) is 14.2. The van der Waals surface area contributed by atoms with Crippen LogP contribution in [0.1, 0.15) is 111 Å². The Hall–Kier alpha value is -3.41. The van der Waals surface area contributed by atoms with Gasteiger partial charge in [0.05, 0.1) is 66.9 Å². The van der Waals surface area contributed by atoms with Crippen LogP contribution in [-0.4, -0.2) is 197 Å². The average molecular weight is 1030 g/mol. The molecule has 5 rings (SSSR count). The van der Waals surface area contributed by atoms with Gasteiger partial charge in [0, 0.05) is 56.7 Å². The molecule has 2 aromatic rings. The molecule has 1 aromatic carbocycles. The molecule has 18 atom stereocenters. The molecule has 3 saturated heterocycles. The van der Waals surface area contributed by atoms with Crippen LogP contribution in [0.15, 0.2) is 35.3 Å². The molecule has 0 amide bonds. The van der Waals surface area contributed by atoms with Crippen LogP contribution in [0.5, 0.6) is 0 Å². The van der Waals surface area contributed by atoms with Crippen molar-refractivity contribution in [2.45, 2.75) is 185 Å². The van der Waals surface area contributed by atoms with E-state index in [1.165, 1.54) is 13.1 Å². The van der Waals surface area contributed by atoms with Gasteiger partial charge in [0.2, 0.25) is 5.43 Å². The molecule has 4 heterocycles. The Morgan fingerprint density at radius 1 is 0.959 bits per heavy atom. The number of pyridine rings is 1. The number of aromatic nitrogens is 1. The van der Waals surface area contributed by atoms with Crippen molar-refractivity contribution in [1.82, 2.24) is 14.4 Å². The summed E-state index contributed by atoms with van der Waals surface area (Å²) in [6.07, 6.45) is -3.26. The Balaban J connectivity index is 1.37. The Bertz CT molecular complexity index is 2240. The first-order valence-electron chi connectivity index (χ1n) is 25.9. The van der Waals surface area contributed by atoms with Gasteiger partial charge in [0.15, 0.2) is 12.6 Å². The Labute approximate surface area is 431 Å². The first kappa shape index (κ1) is 60.5. The van der Waals surface area contributed by atoms with Gasteiger partial charge in [-0.2, -0.15) is 0 Å². The minimum Gasteiger partial charge on any atom is -0.477 e. The van der Waals surface area contributed by atoms with Crippen LogP contribution in [0.25, 0.3) is 17.0 Å². The first-order chi connectivity index (χ1) is 34.1. The SMILES string of the molecule is CC[C@H]1OC(=O)[C@H](C)[C@@H](OC2C[C@@](C)(OC)[C@@H](OCCOC/C=C/c3ccc4c(c3)c(=O)c(C(=O)O)cn4C)[C@H](C)O2)[C@H](C)[C@@H](O[C@@H]2O[C@H](C)C[C@H](N(C)C)[C@H]2O)[C@](C)(O)C[C@@H](C)CN(C)[C@H](C)[C@H](O)[C@]1(C)O. The number of aryl methyl sites for hydroxylation is 1. The summed E-state index contributed by atoms with van der Waals surface area (Å²) < 4.78 is 52.8. The quantitative estimate of drug-likeness (QED) is 0.124. The lowest BCUT2D eigenvalue weighted by molar-refractivity contribution is -0.321. The number of hydrogen-bond donors (Lipinski definition) is 5. The summed E-state index contributed by atoms with van der Waals surface area (Å²) >= 11 is 0. The topological polar surface area (TPSA) is 238 Å². The maximum Gasteiger partial charge on any atom is 0.341 e. The van der Waals surface area contributed by atoms with Crippen LogP contribution in [0.3, 0.4) is 0 Å². The Morgan fingerprint density at radius 3 is 2.27 bits per heavy atom. The summed E-state index contributed by atoms with van der Waals surface area (Å²) in [6.45, 7) is 18.9. The van der Waals surface area contributed by atoms with E-state index >= 15 is 0 Å². The molecule has 0 bridgehead atoms. The van der Waals surface area contributed by atoms with Crippen LogP contribution < -0.4 is 5.43 Å². The number of carboxylic acid groups (broad SMARTS) is 1. The van der Waals surface area contributed by atoms with Crippen molar-refractivity contribution >= 4 is 28.9 Å². The zero-order valence-electron chi connectivity index (χ0n) is 45.8. The number of carbonyl (C=O) groups excluding carboxylic acids is 1. The van der Waals surface area contributed by atoms with Crippen molar-refractivity contribution in [2.24, 2.45) is 24.8 Å². The van der Waals surface area contributed by atoms with Crippen LogP contribution in [0.4, 0.5) is 0 Å². The van der Waals surface area contributed by atoms with Crippen molar-refractivity contribution in [3.05, 3.63) is 51.8 Å². The molecule has 19 heteroatoms. The molecular weight excluding hydrogens is 947 g/mol. The zero-order valence-corrected chi connectivity index (χ0v) is 45.8. The van der Waals surface area contributed by atoms with Crippen LogP contribution >= 0.6 is 0 Å². The maximum atomic E-state index is 14.6. The highest BCUT2D eigenvalue weighted by molar-refractivity contribution is 5.93. The largest absolute Gasteiger partial charge is 0.477 e. The van der Waals surface area contributed by atoms with Gasteiger partial charge in [-0.25, -0.2) is 4.79 Å². The van der Waals surface area contributed by atoms with E-state index < -0.39 is 107 Å². The molecule has 3 aliphatic rings. The van der Waals surface area contributed by atoms with Gasteiger partial charge in [-0.15, -0.1) is 0 Å². The minimum atomic E-state index is -1.84. The minimum absolute atomic E-state index is 0.157. The van der Waals surface area contributed by atoms with Gasteiger partial charge in [0.25, 0.3) is 0 Å². The summed E-state index contributed by atoms with van der Waals surface area (Å²) in [6, 6.07) is 4.38. The van der Waals surface area contributed by atoms with Crippen molar-refractivity contribution in [3.63, 3.8) is 0 Å². The molecule has 19 nitrogen and oxygen atoms in total. The van der Waals surface area contributed by atoms with Gasteiger partial charge in [-0.3, -0.25) is 9.59 Å². The second-order valence-corrected chi connectivity index (χ2v) is 22.1. The monoisotopic (exact) mass is 1030 g/mol. The van der Waals surface area contributed by atoms with Crippen molar-refractivity contribution in [1.29, 1.82) is 0 Å². The number of aromatic carboxylic acids is 1. The lowest BCUT2D eigenvalue weighted by atomic mass is 9.77. The molecule has 414 valence electrons. The summed E-state index contributed by atoms with van der Waals surface area (Å²) in [7, 11) is 8.87. The number of likely N-dealkylation sites (N-methyl/N-ethyl adjacent to an activating group) is 2. The number of aliphatic hydroxyl groups is 4. The number of carbonyl (C=O) groups is 2. The third-order valence-electron chi connectivity index (χ3n) is 15.7. The Kier molecular flexibility index (Phi) is 20.8. The fourth-order valence-corrected chi connectivity index (χ4v) is 11.4. The molecule has 1 aromatic heterocycles. The van der Waals surface area contributed by atoms with E-state index in [9.17, 15) is 39.9 Å². The van der Waals surface area contributed by atoms with Gasteiger partial charge in [-0.1, -0.05) is 39.0 Å². The van der Waals surface area contributed by atoms with E-state index in [4.69, 9.17) is 37.9 Å². The van der Waals surface area contributed by atoms with Gasteiger partial charge in [0.1, 0.15) is 35.6 Å². The molecule has 73 heavy (non-hydrogen) atoms. The average Bonchev–Trinajstić information content (AvgIpc) is 3.32. The number of hydrogen-bond acceptors (Lipinski definition) is 17. The first-order valence-corrected chi connectivity index (χ1v) is 25.9. The van der Waals surface area contributed by atoms with Crippen LogP contribution in [0.2, 0.25) is 0 Å². The summed E-state index contributed by atoms with van der Waals surface area (Å²) in [5, 5.41) is 57.8. The predicted molar refractivity (Wildman–Crippen MR) is 274 cm³/mol. The molecule has 3 aliphatic heterocycles. The van der Waals surface area contributed by atoms with Crippen molar-refractivity contribution in [3.8, 4) is 0 Å². The predicted octanol–water partition coefficient (Wildman–Crippen LogP) is 4.21. The molecule has 3 fully saturated rings. The van der Waals surface area contributed by atoms with Gasteiger partial charge in [-0.05, 0) is 112 Å². The van der Waals surface area contributed by atoms with Crippen LogP contribution in [0, 0.1) is 17.8 Å². The van der Waals surface area contributed by atoms with E-state index in [1.807, 2.05) is 71.6 Å². The number of fused-ring (bicyclic) bond motifs is 1. The van der Waals surface area contributed by atoms with E-state index in [2.05, 4.69) is 0 Å². The second kappa shape index (κ2) is 25.2. The number of methoxy groups -OCH3 is 1. The number of carboxylic acids is 1. The number of rotatable bonds is 15. The fourth-order valence-electron chi connectivity index (χ4n) is 11.4. The normalized spacial score (nSPS) is 38.8.